The van der Waals surface area contributed by atoms with Gasteiger partial charge in [-0.15, -0.1) is 0 Å². The number of aliphatic carboxylic acids is 1. The molecule has 1 aliphatic rings. The number of hydrogen-bond donors (Lipinski definition) is 4. The number of hydrogen-bond acceptors (Lipinski definition) is 5. The molecule has 0 bridgehead atoms. The largest absolute Gasteiger partial charge is 0.480 e. The van der Waals surface area contributed by atoms with Crippen molar-refractivity contribution >= 4 is 18.0 Å². The summed E-state index contributed by atoms with van der Waals surface area (Å²) in [7, 11) is 0. The topological polar surface area (TPSA) is 125 Å². The van der Waals surface area contributed by atoms with E-state index >= 15 is 0 Å². The summed E-state index contributed by atoms with van der Waals surface area (Å²) in [6.07, 6.45) is -2.07. The van der Waals surface area contributed by atoms with Crippen LogP contribution in [0.4, 0.5) is 4.79 Å². The number of amides is 2. The van der Waals surface area contributed by atoms with Crippen molar-refractivity contribution in [1.82, 2.24) is 10.6 Å². The summed E-state index contributed by atoms with van der Waals surface area (Å²) < 4.78 is 5.59. The van der Waals surface area contributed by atoms with Gasteiger partial charge in [-0.05, 0) is 34.6 Å². The molecular formula is C26H32N2O6. The maximum Gasteiger partial charge on any atom is 0.407 e. The average molecular weight is 469 g/mol. The van der Waals surface area contributed by atoms with Crippen molar-refractivity contribution in [2.24, 2.45) is 5.41 Å². The van der Waals surface area contributed by atoms with Crippen LogP contribution in [-0.4, -0.2) is 53.0 Å². The second-order valence-corrected chi connectivity index (χ2v) is 9.72. The van der Waals surface area contributed by atoms with E-state index in [1.54, 1.807) is 0 Å². The Morgan fingerprint density at radius 3 is 1.97 bits per heavy atom. The number of fused-ring (bicyclic) bond motifs is 3. The maximum absolute atomic E-state index is 12.7. The van der Waals surface area contributed by atoms with Crippen molar-refractivity contribution in [3.8, 4) is 11.1 Å². The summed E-state index contributed by atoms with van der Waals surface area (Å²) in [6, 6.07) is 14.0. The Morgan fingerprint density at radius 1 is 0.971 bits per heavy atom. The fourth-order valence-corrected chi connectivity index (χ4v) is 4.16. The van der Waals surface area contributed by atoms with Crippen LogP contribution in [0.5, 0.6) is 0 Å². The van der Waals surface area contributed by atoms with Gasteiger partial charge in [-0.3, -0.25) is 4.79 Å². The molecule has 0 spiro atoms. The summed E-state index contributed by atoms with van der Waals surface area (Å²) in [6.45, 7) is 7.01. The standard InChI is InChI=1S/C26H32N2O6/c1-15(29)23(24(31)32)28-22(30)13-21(26(2,3)4)27-25(33)34-14-20-18-11-7-5-9-16(18)17-10-6-8-12-19(17)20/h5-12,15,20-21,23,29H,13-14H2,1-4H3,(H,27,33)(H,28,30)(H,31,32). The summed E-state index contributed by atoms with van der Waals surface area (Å²) in [5.74, 6) is -2.01. The van der Waals surface area contributed by atoms with Gasteiger partial charge < -0.3 is 25.6 Å². The predicted molar refractivity (Wildman–Crippen MR) is 127 cm³/mol. The molecule has 34 heavy (non-hydrogen) atoms. The summed E-state index contributed by atoms with van der Waals surface area (Å²) in [4.78, 5) is 36.4. The van der Waals surface area contributed by atoms with Crippen molar-refractivity contribution in [2.45, 2.75) is 58.2 Å². The van der Waals surface area contributed by atoms with E-state index in [1.165, 1.54) is 6.92 Å². The van der Waals surface area contributed by atoms with Gasteiger partial charge >= 0.3 is 12.1 Å². The van der Waals surface area contributed by atoms with Crippen LogP contribution in [0.25, 0.3) is 11.1 Å². The van der Waals surface area contributed by atoms with E-state index in [9.17, 15) is 24.6 Å². The van der Waals surface area contributed by atoms with Crippen molar-refractivity contribution in [3.63, 3.8) is 0 Å². The minimum atomic E-state index is -1.43. The highest BCUT2D eigenvalue weighted by Crippen LogP contribution is 2.44. The van der Waals surface area contributed by atoms with Crippen LogP contribution in [0.15, 0.2) is 48.5 Å². The Morgan fingerprint density at radius 2 is 1.50 bits per heavy atom. The molecule has 8 nitrogen and oxygen atoms in total. The van der Waals surface area contributed by atoms with E-state index in [2.05, 4.69) is 22.8 Å². The first-order valence-corrected chi connectivity index (χ1v) is 11.3. The molecule has 4 N–H and O–H groups in total. The van der Waals surface area contributed by atoms with Gasteiger partial charge in [0.05, 0.1) is 6.10 Å². The third-order valence-electron chi connectivity index (χ3n) is 6.14. The number of carbonyl (C=O) groups is 3. The molecule has 0 radical (unpaired) electrons. The van der Waals surface area contributed by atoms with Crippen LogP contribution in [0.1, 0.15) is 51.2 Å². The Bertz CT molecular complexity index is 1010. The molecule has 3 unspecified atom stereocenters. The minimum absolute atomic E-state index is 0.0862. The first-order valence-electron chi connectivity index (χ1n) is 11.3. The summed E-state index contributed by atoms with van der Waals surface area (Å²) >= 11 is 0. The van der Waals surface area contributed by atoms with Gasteiger partial charge in [0.15, 0.2) is 6.04 Å². The quantitative estimate of drug-likeness (QED) is 0.471. The molecule has 2 aromatic rings. The molecule has 182 valence electrons. The molecular weight excluding hydrogens is 436 g/mol. The van der Waals surface area contributed by atoms with Gasteiger partial charge in [-0.1, -0.05) is 69.3 Å². The molecule has 2 amide bonds. The molecule has 1 aliphatic carbocycles. The van der Waals surface area contributed by atoms with Gasteiger partial charge in [0.2, 0.25) is 5.91 Å². The van der Waals surface area contributed by atoms with Gasteiger partial charge in [-0.25, -0.2) is 9.59 Å². The van der Waals surface area contributed by atoms with Gasteiger partial charge in [0, 0.05) is 18.4 Å². The lowest BCUT2D eigenvalue weighted by atomic mass is 9.84. The Balaban J connectivity index is 1.65. The molecule has 0 aromatic heterocycles. The summed E-state index contributed by atoms with van der Waals surface area (Å²) in [5.41, 5.74) is 3.94. The fraction of sp³-hybridized carbons (Fsp3) is 0.423. The number of alkyl carbamates (subject to hydrolysis) is 1. The smallest absolute Gasteiger partial charge is 0.407 e. The molecule has 2 aromatic carbocycles. The van der Waals surface area contributed by atoms with E-state index in [-0.39, 0.29) is 18.9 Å². The molecule has 0 saturated heterocycles. The zero-order valence-corrected chi connectivity index (χ0v) is 19.9. The molecule has 3 atom stereocenters. The highest BCUT2D eigenvalue weighted by Gasteiger charge is 2.33. The fourth-order valence-electron chi connectivity index (χ4n) is 4.16. The minimum Gasteiger partial charge on any atom is -0.480 e. The molecule has 0 fully saturated rings. The van der Waals surface area contributed by atoms with E-state index in [0.29, 0.717) is 0 Å². The number of nitrogens with one attached hydrogen (secondary N) is 2. The van der Waals surface area contributed by atoms with E-state index in [1.807, 2.05) is 57.2 Å². The molecule has 0 heterocycles. The molecule has 0 aliphatic heterocycles. The lowest BCUT2D eigenvalue weighted by molar-refractivity contribution is -0.144. The number of carboxylic acids is 1. The van der Waals surface area contributed by atoms with Crippen molar-refractivity contribution < 1.29 is 29.3 Å². The lowest BCUT2D eigenvalue weighted by Gasteiger charge is -2.31. The van der Waals surface area contributed by atoms with Crippen molar-refractivity contribution in [1.29, 1.82) is 0 Å². The number of aliphatic hydroxyl groups is 1. The zero-order valence-electron chi connectivity index (χ0n) is 19.9. The highest BCUT2D eigenvalue weighted by molar-refractivity contribution is 5.84. The predicted octanol–water partition coefficient (Wildman–Crippen LogP) is 3.28. The number of ether oxygens (including phenoxy) is 1. The zero-order chi connectivity index (χ0) is 25.0. The van der Waals surface area contributed by atoms with Crippen molar-refractivity contribution in [3.05, 3.63) is 59.7 Å². The second-order valence-electron chi connectivity index (χ2n) is 9.72. The second kappa shape index (κ2) is 10.3. The SMILES string of the molecule is CC(O)C(NC(=O)CC(NC(=O)OCC1c2ccccc2-c2ccccc21)C(C)(C)C)C(=O)O. The normalized spacial score (nSPS) is 15.4. The molecule has 8 heteroatoms. The van der Waals surface area contributed by atoms with Gasteiger partial charge in [0.25, 0.3) is 0 Å². The average Bonchev–Trinajstić information content (AvgIpc) is 3.08. The van der Waals surface area contributed by atoms with E-state index < -0.39 is 41.6 Å². The maximum atomic E-state index is 12.7. The highest BCUT2D eigenvalue weighted by atomic mass is 16.5. The van der Waals surface area contributed by atoms with Crippen LogP contribution in [0, 0.1) is 5.41 Å². The Kier molecular flexibility index (Phi) is 7.61. The van der Waals surface area contributed by atoms with Crippen LogP contribution >= 0.6 is 0 Å². The van der Waals surface area contributed by atoms with Crippen LogP contribution in [-0.2, 0) is 14.3 Å². The molecule has 3 rings (SSSR count). The van der Waals surface area contributed by atoms with Gasteiger partial charge in [0.1, 0.15) is 6.61 Å². The number of carbonyl (C=O) groups excluding carboxylic acids is 2. The third-order valence-corrected chi connectivity index (χ3v) is 6.14. The Labute approximate surface area is 199 Å². The van der Waals surface area contributed by atoms with Gasteiger partial charge in [-0.2, -0.15) is 0 Å². The van der Waals surface area contributed by atoms with E-state index in [4.69, 9.17) is 4.74 Å². The number of benzene rings is 2. The first kappa shape index (κ1) is 25.2. The lowest BCUT2D eigenvalue weighted by Crippen LogP contribution is -2.51. The van der Waals surface area contributed by atoms with E-state index in [0.717, 1.165) is 22.3 Å². The van der Waals surface area contributed by atoms with Crippen LogP contribution in [0.2, 0.25) is 0 Å². The number of rotatable bonds is 8. The van der Waals surface area contributed by atoms with Crippen molar-refractivity contribution in [2.75, 3.05) is 6.61 Å². The monoisotopic (exact) mass is 468 g/mol. The Hall–Kier alpha value is -3.39. The third kappa shape index (κ3) is 5.75. The number of carboxylic acid groups (broad SMARTS) is 1. The summed E-state index contributed by atoms with van der Waals surface area (Å²) in [5, 5.41) is 23.8. The van der Waals surface area contributed by atoms with Crippen LogP contribution < -0.4 is 10.6 Å². The number of aliphatic hydroxyl groups excluding tert-OH is 1. The first-order chi connectivity index (χ1) is 16.0. The van der Waals surface area contributed by atoms with Crippen LogP contribution in [0.3, 0.4) is 0 Å². The molecule has 0 saturated carbocycles.